The van der Waals surface area contributed by atoms with E-state index in [9.17, 15) is 9.59 Å². The van der Waals surface area contributed by atoms with E-state index in [1.807, 2.05) is 29.2 Å². The van der Waals surface area contributed by atoms with Crippen LogP contribution in [0, 0.1) is 6.92 Å². The molecule has 1 saturated carbocycles. The second kappa shape index (κ2) is 8.88. The average molecular weight is 452 g/mol. The first-order chi connectivity index (χ1) is 16.1. The zero-order valence-corrected chi connectivity index (χ0v) is 19.0. The van der Waals surface area contributed by atoms with Crippen molar-refractivity contribution >= 4 is 11.8 Å². The fourth-order valence-corrected chi connectivity index (χ4v) is 5.39. The molecule has 33 heavy (non-hydrogen) atoms. The van der Waals surface area contributed by atoms with Crippen LogP contribution in [0.2, 0.25) is 0 Å². The van der Waals surface area contributed by atoms with Crippen molar-refractivity contribution in [3.63, 3.8) is 0 Å². The lowest BCUT2D eigenvalue weighted by atomic mass is 9.87. The maximum atomic E-state index is 13.9. The third kappa shape index (κ3) is 3.96. The first-order valence-electron chi connectivity index (χ1n) is 11.6. The minimum absolute atomic E-state index is 0.0241. The largest absolute Gasteiger partial charge is 0.496 e. The highest BCUT2D eigenvalue weighted by molar-refractivity contribution is 5.99. The Balaban J connectivity index is 1.59. The number of fused-ring (bicyclic) bond motifs is 1. The number of methoxy groups -OCH3 is 1. The first kappa shape index (κ1) is 21.5. The summed E-state index contributed by atoms with van der Waals surface area (Å²) in [6.45, 7) is 2.21. The minimum Gasteiger partial charge on any atom is -0.496 e. The van der Waals surface area contributed by atoms with Crippen LogP contribution in [0.5, 0.6) is 5.75 Å². The summed E-state index contributed by atoms with van der Waals surface area (Å²) < 4.78 is 10.9. The van der Waals surface area contributed by atoms with E-state index in [-0.39, 0.29) is 30.3 Å². The lowest BCUT2D eigenvalue weighted by molar-refractivity contribution is -0.137. The molecule has 3 heterocycles. The maximum absolute atomic E-state index is 13.9. The smallest absolute Gasteiger partial charge is 0.251 e. The van der Waals surface area contributed by atoms with Gasteiger partial charge in [0.2, 0.25) is 11.8 Å². The predicted molar refractivity (Wildman–Crippen MR) is 119 cm³/mol. The van der Waals surface area contributed by atoms with Crippen molar-refractivity contribution in [2.24, 2.45) is 0 Å². The molecule has 0 saturated heterocycles. The first-order valence-corrected chi connectivity index (χ1v) is 11.6. The molecule has 0 unspecified atom stereocenters. The topological polar surface area (TPSA) is 110 Å². The molecule has 1 fully saturated rings. The zero-order chi connectivity index (χ0) is 22.9. The van der Waals surface area contributed by atoms with Crippen LogP contribution in [0.1, 0.15) is 55.4 Å². The Hall–Kier alpha value is -3.36. The van der Waals surface area contributed by atoms with E-state index < -0.39 is 6.04 Å². The summed E-state index contributed by atoms with van der Waals surface area (Å²) in [5, 5.41) is 10.4. The molecule has 0 radical (unpaired) electrons. The number of aryl methyl sites for hydroxylation is 2. The molecule has 1 aromatic carbocycles. The highest BCUT2D eigenvalue weighted by Crippen LogP contribution is 2.43. The normalized spacial score (nSPS) is 24.5. The predicted octanol–water partition coefficient (Wildman–Crippen LogP) is 2.19. The average Bonchev–Trinajstić information content (AvgIpc) is 3.37. The number of carbonyl (C=O) groups excluding carboxylic acids is 2. The van der Waals surface area contributed by atoms with Gasteiger partial charge in [-0.05, 0) is 25.8 Å². The molecule has 0 bridgehead atoms. The highest BCUT2D eigenvalue weighted by Gasteiger charge is 2.46. The molecular formula is C24H29N5O4. The van der Waals surface area contributed by atoms with Gasteiger partial charge < -0.3 is 24.8 Å². The van der Waals surface area contributed by atoms with Gasteiger partial charge in [-0.1, -0.05) is 36.2 Å². The third-order valence-electron chi connectivity index (χ3n) is 6.84. The van der Waals surface area contributed by atoms with Gasteiger partial charge in [-0.2, -0.15) is 4.98 Å². The van der Waals surface area contributed by atoms with E-state index >= 15 is 0 Å². The summed E-state index contributed by atoms with van der Waals surface area (Å²) in [5.74, 6) is 1.48. The fourth-order valence-electron chi connectivity index (χ4n) is 5.39. The third-order valence-corrected chi connectivity index (χ3v) is 6.84. The number of aromatic nitrogens is 2. The molecule has 3 aliphatic rings. The number of hydrogen-bond acceptors (Lipinski definition) is 7. The van der Waals surface area contributed by atoms with Crippen molar-refractivity contribution in [1.82, 2.24) is 25.7 Å². The monoisotopic (exact) mass is 451 g/mol. The van der Waals surface area contributed by atoms with Crippen LogP contribution in [0.15, 0.2) is 40.1 Å². The molecule has 3 atom stereocenters. The molecular weight excluding hydrogens is 422 g/mol. The van der Waals surface area contributed by atoms with E-state index in [4.69, 9.17) is 9.26 Å². The molecule has 2 aliphatic heterocycles. The number of rotatable bonds is 5. The van der Waals surface area contributed by atoms with Gasteiger partial charge in [0.25, 0.3) is 5.91 Å². The van der Waals surface area contributed by atoms with Crippen molar-refractivity contribution < 1.29 is 18.8 Å². The highest BCUT2D eigenvalue weighted by atomic mass is 16.5. The van der Waals surface area contributed by atoms with Crippen LogP contribution in [-0.2, 0) is 16.0 Å². The molecule has 9 heteroatoms. The molecule has 9 nitrogen and oxygen atoms in total. The van der Waals surface area contributed by atoms with Crippen molar-refractivity contribution in [3.8, 4) is 5.75 Å². The Morgan fingerprint density at radius 3 is 2.88 bits per heavy atom. The zero-order valence-electron chi connectivity index (χ0n) is 19.0. The standard InChI is InChI=1S/C24H29N5O4/c1-14-26-20(33-28-14)11-12-21(30)29-18-9-5-4-8-16(18)27-17-13-25-24(31)22(17)23(29)15-7-3-6-10-19(15)32-2/h3,6-7,10,16,18,23,27H,4-5,8-9,11-13H2,1-2H3,(H,25,31)/t16-,18-,23-/m1/s1. The van der Waals surface area contributed by atoms with Crippen LogP contribution in [0.4, 0.5) is 0 Å². The second-order valence-electron chi connectivity index (χ2n) is 8.86. The van der Waals surface area contributed by atoms with Crippen LogP contribution in [0.25, 0.3) is 0 Å². The molecule has 2 amide bonds. The molecule has 1 aromatic heterocycles. The number of nitrogens with zero attached hydrogens (tertiary/aromatic N) is 3. The van der Waals surface area contributed by atoms with Crippen molar-refractivity contribution in [2.45, 2.75) is 63.6 Å². The van der Waals surface area contributed by atoms with E-state index in [1.54, 1.807) is 14.0 Å². The van der Waals surface area contributed by atoms with E-state index in [2.05, 4.69) is 20.8 Å². The molecule has 2 N–H and O–H groups in total. The number of amides is 2. The fraction of sp³-hybridized carbons (Fsp3) is 0.500. The van der Waals surface area contributed by atoms with Gasteiger partial charge in [0.15, 0.2) is 5.82 Å². The van der Waals surface area contributed by atoms with Gasteiger partial charge in [0.05, 0.1) is 31.3 Å². The Labute approximate surface area is 192 Å². The van der Waals surface area contributed by atoms with E-state index in [0.29, 0.717) is 36.0 Å². The number of para-hydroxylation sites is 1. The van der Waals surface area contributed by atoms with Crippen molar-refractivity contribution in [3.05, 3.63) is 52.8 Å². The lowest BCUT2D eigenvalue weighted by Crippen LogP contribution is -2.53. The summed E-state index contributed by atoms with van der Waals surface area (Å²) in [4.78, 5) is 33.1. The molecule has 174 valence electrons. The molecule has 2 aromatic rings. The maximum Gasteiger partial charge on any atom is 0.251 e. The summed E-state index contributed by atoms with van der Waals surface area (Å²) in [6.07, 6.45) is 4.57. The Morgan fingerprint density at radius 1 is 1.27 bits per heavy atom. The van der Waals surface area contributed by atoms with E-state index in [0.717, 1.165) is 36.9 Å². The van der Waals surface area contributed by atoms with Crippen LogP contribution in [-0.4, -0.2) is 52.6 Å². The molecule has 5 rings (SSSR count). The quantitative estimate of drug-likeness (QED) is 0.717. The van der Waals surface area contributed by atoms with Crippen molar-refractivity contribution in [2.75, 3.05) is 13.7 Å². The minimum atomic E-state index is -0.531. The number of nitrogens with one attached hydrogen (secondary N) is 2. The van der Waals surface area contributed by atoms with E-state index in [1.165, 1.54) is 0 Å². The SMILES string of the molecule is COc1ccccc1[C@@H]1C2=C(CNC2=O)N[C@@H]2CCCC[C@H]2N1C(=O)CCc1nc(C)no1. The number of hydrogen-bond donors (Lipinski definition) is 2. The number of carbonyl (C=O) groups is 2. The summed E-state index contributed by atoms with van der Waals surface area (Å²) >= 11 is 0. The summed E-state index contributed by atoms with van der Waals surface area (Å²) in [7, 11) is 1.62. The molecule has 0 spiro atoms. The van der Waals surface area contributed by atoms with Gasteiger partial charge in [-0.3, -0.25) is 9.59 Å². The molecule has 1 aliphatic carbocycles. The van der Waals surface area contributed by atoms with Gasteiger partial charge in [-0.25, -0.2) is 0 Å². The number of ether oxygens (including phenoxy) is 1. The van der Waals surface area contributed by atoms with Gasteiger partial charge in [0, 0.05) is 30.1 Å². The van der Waals surface area contributed by atoms with Crippen LogP contribution in [0.3, 0.4) is 0 Å². The van der Waals surface area contributed by atoms with Gasteiger partial charge in [-0.15, -0.1) is 0 Å². The Bertz CT molecular complexity index is 1090. The van der Waals surface area contributed by atoms with Crippen LogP contribution >= 0.6 is 0 Å². The van der Waals surface area contributed by atoms with Crippen molar-refractivity contribution in [1.29, 1.82) is 0 Å². The van der Waals surface area contributed by atoms with Crippen LogP contribution < -0.4 is 15.4 Å². The Kier molecular flexibility index (Phi) is 5.78. The van der Waals surface area contributed by atoms with Gasteiger partial charge >= 0.3 is 0 Å². The van der Waals surface area contributed by atoms with Gasteiger partial charge in [0.1, 0.15) is 5.75 Å². The number of benzene rings is 1. The Morgan fingerprint density at radius 2 is 2.09 bits per heavy atom. The second-order valence-corrected chi connectivity index (χ2v) is 8.86. The summed E-state index contributed by atoms with van der Waals surface area (Å²) in [5.41, 5.74) is 2.31. The summed E-state index contributed by atoms with van der Waals surface area (Å²) in [6, 6.07) is 7.19. The lowest BCUT2D eigenvalue weighted by Gasteiger charge is -2.43.